The first-order valence-electron chi connectivity index (χ1n) is 8.76. The van der Waals surface area contributed by atoms with Gasteiger partial charge < -0.3 is 14.6 Å². The number of carbonyl (C=O) groups excluding carboxylic acids is 1. The fourth-order valence-electron chi connectivity index (χ4n) is 3.10. The third kappa shape index (κ3) is 4.23. The predicted octanol–water partition coefficient (Wildman–Crippen LogP) is 3.23. The summed E-state index contributed by atoms with van der Waals surface area (Å²) in [6, 6.07) is 8.09. The lowest BCUT2D eigenvalue weighted by molar-refractivity contribution is -0.136. The Labute approximate surface area is 143 Å². The van der Waals surface area contributed by atoms with E-state index in [-0.39, 0.29) is 18.1 Å². The van der Waals surface area contributed by atoms with Gasteiger partial charge in [0.15, 0.2) is 0 Å². The van der Waals surface area contributed by atoms with Gasteiger partial charge in [-0.15, -0.1) is 0 Å². The fraction of sp³-hybridized carbons (Fsp3) is 0.474. The smallest absolute Gasteiger partial charge is 0.249 e. The molecule has 1 amide bonds. The monoisotopic (exact) mass is 327 g/mol. The van der Waals surface area contributed by atoms with Gasteiger partial charge in [0.05, 0.1) is 12.4 Å². The quantitative estimate of drug-likeness (QED) is 0.849. The third-order valence-electron chi connectivity index (χ3n) is 4.53. The lowest BCUT2D eigenvalue weighted by Gasteiger charge is -2.20. The molecular weight excluding hydrogens is 302 g/mol. The van der Waals surface area contributed by atoms with Crippen molar-refractivity contribution in [2.75, 3.05) is 0 Å². The van der Waals surface area contributed by atoms with E-state index in [2.05, 4.69) is 10.3 Å². The van der Waals surface area contributed by atoms with Gasteiger partial charge in [0.2, 0.25) is 5.91 Å². The minimum absolute atomic E-state index is 0.0110. The van der Waals surface area contributed by atoms with Crippen molar-refractivity contribution in [1.82, 2.24) is 14.9 Å². The molecule has 1 heterocycles. The van der Waals surface area contributed by atoms with E-state index in [1.54, 1.807) is 12.5 Å². The summed E-state index contributed by atoms with van der Waals surface area (Å²) in [5.41, 5.74) is 2.13. The van der Waals surface area contributed by atoms with Crippen molar-refractivity contribution in [2.24, 2.45) is 0 Å². The van der Waals surface area contributed by atoms with Gasteiger partial charge in [-0.25, -0.2) is 4.98 Å². The Bertz CT molecular complexity index is 631. The van der Waals surface area contributed by atoms with Crippen LogP contribution in [0.25, 0.3) is 5.69 Å². The number of ether oxygens (including phenoxy) is 1. The highest BCUT2D eigenvalue weighted by atomic mass is 16.5. The van der Waals surface area contributed by atoms with Gasteiger partial charge in [0.25, 0.3) is 0 Å². The Hall–Kier alpha value is -2.14. The molecule has 0 spiro atoms. The average Bonchev–Trinajstić information content (AvgIpc) is 3.31. The summed E-state index contributed by atoms with van der Waals surface area (Å²) in [7, 11) is 0. The van der Waals surface area contributed by atoms with Crippen LogP contribution in [-0.4, -0.2) is 27.7 Å². The van der Waals surface area contributed by atoms with Gasteiger partial charge in [0.1, 0.15) is 6.10 Å². The number of imidazole rings is 1. The van der Waals surface area contributed by atoms with Gasteiger partial charge in [-0.3, -0.25) is 4.79 Å². The Kier molecular flexibility index (Phi) is 5.64. The summed E-state index contributed by atoms with van der Waals surface area (Å²) in [5.74, 6) is -0.0110. The maximum Gasteiger partial charge on any atom is 0.249 e. The minimum Gasteiger partial charge on any atom is -0.365 e. The standard InChI is InChI=1S/C19H25N3O2/c1-2-18(24-17-5-3-4-6-17)19(23)21-13-15-7-9-16(10-8-15)22-12-11-20-14-22/h7-12,14,17-18H,2-6,13H2,1H3,(H,21,23). The second-order valence-electron chi connectivity index (χ2n) is 6.29. The van der Waals surface area contributed by atoms with Crippen LogP contribution in [0.4, 0.5) is 0 Å². The highest BCUT2D eigenvalue weighted by Crippen LogP contribution is 2.23. The molecular formula is C19H25N3O2. The fourth-order valence-corrected chi connectivity index (χ4v) is 3.10. The summed E-state index contributed by atoms with van der Waals surface area (Å²) < 4.78 is 7.91. The van der Waals surface area contributed by atoms with E-state index in [0.29, 0.717) is 13.0 Å². The van der Waals surface area contributed by atoms with Crippen molar-refractivity contribution < 1.29 is 9.53 Å². The molecule has 0 radical (unpaired) electrons. The molecule has 1 aromatic carbocycles. The predicted molar refractivity (Wildman–Crippen MR) is 92.8 cm³/mol. The second-order valence-corrected chi connectivity index (χ2v) is 6.29. The van der Waals surface area contributed by atoms with Crippen molar-refractivity contribution in [3.8, 4) is 5.69 Å². The minimum atomic E-state index is -0.335. The maximum absolute atomic E-state index is 12.3. The van der Waals surface area contributed by atoms with Gasteiger partial charge >= 0.3 is 0 Å². The molecule has 5 heteroatoms. The summed E-state index contributed by atoms with van der Waals surface area (Å²) in [6.07, 6.45) is 10.7. The van der Waals surface area contributed by atoms with Gasteiger partial charge in [-0.2, -0.15) is 0 Å². The Morgan fingerprint density at radius 1 is 1.33 bits per heavy atom. The molecule has 128 valence electrons. The molecule has 1 aliphatic carbocycles. The van der Waals surface area contributed by atoms with Crippen LogP contribution in [0, 0.1) is 0 Å². The number of nitrogens with one attached hydrogen (secondary N) is 1. The Balaban J connectivity index is 1.51. The average molecular weight is 327 g/mol. The van der Waals surface area contributed by atoms with Crippen molar-refractivity contribution >= 4 is 5.91 Å². The zero-order valence-corrected chi connectivity index (χ0v) is 14.1. The first-order chi connectivity index (χ1) is 11.8. The van der Waals surface area contributed by atoms with Crippen LogP contribution >= 0.6 is 0 Å². The summed E-state index contributed by atoms with van der Waals surface area (Å²) >= 11 is 0. The van der Waals surface area contributed by atoms with E-state index in [4.69, 9.17) is 4.74 Å². The van der Waals surface area contributed by atoms with Crippen LogP contribution in [0.15, 0.2) is 43.0 Å². The molecule has 0 saturated heterocycles. The number of rotatable bonds is 7. The van der Waals surface area contributed by atoms with Crippen LogP contribution in [0.2, 0.25) is 0 Å². The molecule has 24 heavy (non-hydrogen) atoms. The third-order valence-corrected chi connectivity index (χ3v) is 4.53. The van der Waals surface area contributed by atoms with Crippen molar-refractivity contribution in [3.63, 3.8) is 0 Å². The number of carbonyl (C=O) groups is 1. The van der Waals surface area contributed by atoms with E-state index in [0.717, 1.165) is 24.1 Å². The molecule has 1 aromatic heterocycles. The molecule has 1 saturated carbocycles. The Morgan fingerprint density at radius 2 is 2.08 bits per heavy atom. The highest BCUT2D eigenvalue weighted by molar-refractivity contribution is 5.80. The summed E-state index contributed by atoms with van der Waals surface area (Å²) in [6.45, 7) is 2.52. The van der Waals surface area contributed by atoms with Crippen LogP contribution in [0.5, 0.6) is 0 Å². The molecule has 3 rings (SSSR count). The normalized spacial score (nSPS) is 16.2. The second kappa shape index (κ2) is 8.11. The highest BCUT2D eigenvalue weighted by Gasteiger charge is 2.24. The number of nitrogens with zero attached hydrogens (tertiary/aromatic N) is 2. The van der Waals surface area contributed by atoms with Gasteiger partial charge in [-0.1, -0.05) is 31.9 Å². The summed E-state index contributed by atoms with van der Waals surface area (Å²) in [5, 5.41) is 3.00. The summed E-state index contributed by atoms with van der Waals surface area (Å²) in [4.78, 5) is 16.4. The Morgan fingerprint density at radius 3 is 2.71 bits per heavy atom. The van der Waals surface area contributed by atoms with E-state index >= 15 is 0 Å². The van der Waals surface area contributed by atoms with Crippen LogP contribution in [0.3, 0.4) is 0 Å². The largest absolute Gasteiger partial charge is 0.365 e. The lowest BCUT2D eigenvalue weighted by Crippen LogP contribution is -2.37. The first kappa shape index (κ1) is 16.7. The van der Waals surface area contributed by atoms with Crippen molar-refractivity contribution in [1.29, 1.82) is 0 Å². The van der Waals surface area contributed by atoms with E-state index in [1.807, 2.05) is 42.0 Å². The van der Waals surface area contributed by atoms with Gasteiger partial charge in [0, 0.05) is 24.6 Å². The zero-order chi connectivity index (χ0) is 16.8. The van der Waals surface area contributed by atoms with Crippen LogP contribution < -0.4 is 5.32 Å². The SMILES string of the molecule is CCC(OC1CCCC1)C(=O)NCc1ccc(-n2ccnc2)cc1. The number of hydrogen-bond acceptors (Lipinski definition) is 3. The molecule has 1 atom stereocenters. The number of amides is 1. The number of benzene rings is 1. The van der Waals surface area contributed by atoms with Gasteiger partial charge in [-0.05, 0) is 37.0 Å². The molecule has 1 N–H and O–H groups in total. The maximum atomic E-state index is 12.3. The van der Waals surface area contributed by atoms with Crippen molar-refractivity contribution in [3.05, 3.63) is 48.5 Å². The molecule has 0 bridgehead atoms. The molecule has 5 nitrogen and oxygen atoms in total. The van der Waals surface area contributed by atoms with Crippen LogP contribution in [-0.2, 0) is 16.1 Å². The molecule has 1 unspecified atom stereocenters. The molecule has 2 aromatic rings. The van der Waals surface area contributed by atoms with E-state index in [1.165, 1.54) is 12.8 Å². The molecule has 0 aliphatic heterocycles. The van der Waals surface area contributed by atoms with Crippen LogP contribution in [0.1, 0.15) is 44.6 Å². The lowest BCUT2D eigenvalue weighted by atomic mass is 10.2. The van der Waals surface area contributed by atoms with E-state index in [9.17, 15) is 4.79 Å². The molecule has 1 fully saturated rings. The number of aromatic nitrogens is 2. The zero-order valence-electron chi connectivity index (χ0n) is 14.1. The molecule has 1 aliphatic rings. The van der Waals surface area contributed by atoms with E-state index < -0.39 is 0 Å². The number of hydrogen-bond donors (Lipinski definition) is 1. The van der Waals surface area contributed by atoms with Crippen molar-refractivity contribution in [2.45, 2.75) is 57.8 Å². The topological polar surface area (TPSA) is 56.1 Å². The first-order valence-corrected chi connectivity index (χ1v) is 8.76.